The number of carbonyl (C=O) groups excluding carboxylic acids is 2. The Balaban J connectivity index is 1.85. The van der Waals surface area contributed by atoms with Crippen molar-refractivity contribution in [2.45, 2.75) is 44.6 Å². The number of ether oxygens (including phenoxy) is 2. The van der Waals surface area contributed by atoms with Gasteiger partial charge in [0.05, 0.1) is 12.7 Å². The Morgan fingerprint density at radius 1 is 1.22 bits per heavy atom. The zero-order chi connectivity index (χ0) is 19.7. The van der Waals surface area contributed by atoms with Crippen LogP contribution in [-0.2, 0) is 14.3 Å². The van der Waals surface area contributed by atoms with Crippen molar-refractivity contribution in [1.82, 2.24) is 4.90 Å². The smallest absolute Gasteiger partial charge is 0.331 e. The van der Waals surface area contributed by atoms with Crippen molar-refractivity contribution in [3.63, 3.8) is 0 Å². The van der Waals surface area contributed by atoms with Gasteiger partial charge in [-0.15, -0.1) is 0 Å². The highest BCUT2D eigenvalue weighted by Gasteiger charge is 2.38. The molecule has 0 bridgehead atoms. The average Bonchev–Trinajstić information content (AvgIpc) is 2.71. The summed E-state index contributed by atoms with van der Waals surface area (Å²) in [5, 5.41) is 9.53. The van der Waals surface area contributed by atoms with Crippen LogP contribution in [-0.4, -0.2) is 42.6 Å². The zero-order valence-corrected chi connectivity index (χ0v) is 15.9. The molecular weight excluding hydrogens is 344 g/mol. The van der Waals surface area contributed by atoms with Gasteiger partial charge in [-0.25, -0.2) is 4.79 Å². The van der Waals surface area contributed by atoms with Crippen molar-refractivity contribution in [3.8, 4) is 11.8 Å². The molecule has 1 aromatic rings. The van der Waals surface area contributed by atoms with E-state index in [9.17, 15) is 14.9 Å². The van der Waals surface area contributed by atoms with Gasteiger partial charge < -0.3 is 14.4 Å². The topological polar surface area (TPSA) is 79.6 Å². The van der Waals surface area contributed by atoms with Gasteiger partial charge in [0.25, 0.3) is 5.91 Å². The van der Waals surface area contributed by atoms with Crippen molar-refractivity contribution in [2.24, 2.45) is 0 Å². The summed E-state index contributed by atoms with van der Waals surface area (Å²) in [5.74, 6) is -0.193. The van der Waals surface area contributed by atoms with Crippen LogP contribution in [0.2, 0.25) is 0 Å². The number of nitrogens with zero attached hydrogens (tertiary/aromatic N) is 2. The quantitative estimate of drug-likeness (QED) is 0.543. The van der Waals surface area contributed by atoms with Crippen LogP contribution >= 0.6 is 0 Å². The molecule has 0 spiro atoms. The molecule has 0 heterocycles. The van der Waals surface area contributed by atoms with E-state index in [4.69, 9.17) is 9.47 Å². The van der Waals surface area contributed by atoms with E-state index in [1.165, 1.54) is 11.0 Å². The maximum absolute atomic E-state index is 12.3. The molecular formula is C21H26N2O4. The second-order valence-corrected chi connectivity index (χ2v) is 6.60. The van der Waals surface area contributed by atoms with E-state index in [2.05, 4.69) is 6.07 Å². The van der Waals surface area contributed by atoms with Gasteiger partial charge in [-0.3, -0.25) is 4.79 Å². The van der Waals surface area contributed by atoms with Gasteiger partial charge in [0.1, 0.15) is 11.3 Å². The highest BCUT2D eigenvalue weighted by atomic mass is 16.5. The fraction of sp³-hybridized carbons (Fsp3) is 0.476. The van der Waals surface area contributed by atoms with Crippen molar-refractivity contribution in [3.05, 3.63) is 35.9 Å². The first kappa shape index (κ1) is 20.5. The predicted molar refractivity (Wildman–Crippen MR) is 102 cm³/mol. The lowest BCUT2D eigenvalue weighted by atomic mass is 9.81. The summed E-state index contributed by atoms with van der Waals surface area (Å²) < 4.78 is 10.4. The molecule has 1 aliphatic rings. The van der Waals surface area contributed by atoms with Crippen LogP contribution in [0.15, 0.2) is 30.3 Å². The summed E-state index contributed by atoms with van der Waals surface area (Å²) in [6.45, 7) is 2.14. The van der Waals surface area contributed by atoms with E-state index >= 15 is 0 Å². The lowest BCUT2D eigenvalue weighted by Gasteiger charge is -2.38. The van der Waals surface area contributed by atoms with Gasteiger partial charge >= 0.3 is 5.97 Å². The maximum Gasteiger partial charge on any atom is 0.331 e. The molecule has 0 saturated heterocycles. The van der Waals surface area contributed by atoms with Gasteiger partial charge in [0, 0.05) is 13.1 Å². The lowest BCUT2D eigenvalue weighted by molar-refractivity contribution is -0.150. The molecule has 27 heavy (non-hydrogen) atoms. The standard InChI is InChI=1S/C21H26N2O4/c1-3-26-18-10-7-17(8-11-18)9-12-20(25)27-15-19(24)23(2)21(16-22)13-5-4-6-14-21/h7-12H,3-6,13-15H2,1-2H3/b12-9+. The Kier molecular flexibility index (Phi) is 7.42. The monoisotopic (exact) mass is 370 g/mol. The minimum Gasteiger partial charge on any atom is -0.494 e. The first-order valence-electron chi connectivity index (χ1n) is 9.26. The van der Waals surface area contributed by atoms with Crippen LogP contribution in [0, 0.1) is 11.3 Å². The molecule has 0 atom stereocenters. The van der Waals surface area contributed by atoms with Gasteiger partial charge in [-0.05, 0) is 43.5 Å². The summed E-state index contributed by atoms with van der Waals surface area (Å²) in [7, 11) is 1.61. The minimum absolute atomic E-state index is 0.360. The second-order valence-electron chi connectivity index (χ2n) is 6.60. The van der Waals surface area contributed by atoms with Crippen LogP contribution in [0.3, 0.4) is 0 Å². The number of nitriles is 1. The summed E-state index contributed by atoms with van der Waals surface area (Å²) in [4.78, 5) is 25.7. The number of hydrogen-bond acceptors (Lipinski definition) is 5. The number of rotatable bonds is 7. The number of carbonyl (C=O) groups is 2. The summed E-state index contributed by atoms with van der Waals surface area (Å²) in [6, 6.07) is 9.58. The molecule has 1 aromatic carbocycles. The number of hydrogen-bond donors (Lipinski definition) is 0. The zero-order valence-electron chi connectivity index (χ0n) is 15.9. The first-order valence-corrected chi connectivity index (χ1v) is 9.26. The highest BCUT2D eigenvalue weighted by molar-refractivity contribution is 5.89. The summed E-state index contributed by atoms with van der Waals surface area (Å²) >= 11 is 0. The molecule has 2 rings (SSSR count). The van der Waals surface area contributed by atoms with Crippen LogP contribution in [0.5, 0.6) is 5.75 Å². The van der Waals surface area contributed by atoms with E-state index in [1.807, 2.05) is 31.2 Å². The molecule has 144 valence electrons. The molecule has 0 aliphatic heterocycles. The molecule has 0 aromatic heterocycles. The molecule has 6 nitrogen and oxygen atoms in total. The average molecular weight is 370 g/mol. The van der Waals surface area contributed by atoms with Crippen molar-refractivity contribution >= 4 is 18.0 Å². The summed E-state index contributed by atoms with van der Waals surface area (Å²) in [5.41, 5.74) is 0.0457. The third-order valence-electron chi connectivity index (χ3n) is 4.85. The van der Waals surface area contributed by atoms with Gasteiger partial charge in [-0.2, -0.15) is 5.26 Å². The van der Waals surface area contributed by atoms with Gasteiger partial charge in [-0.1, -0.05) is 31.4 Å². The molecule has 1 aliphatic carbocycles. The molecule has 1 saturated carbocycles. The normalized spacial score (nSPS) is 15.7. The number of esters is 1. The van der Waals surface area contributed by atoms with Gasteiger partial charge in [0.2, 0.25) is 0 Å². The molecule has 6 heteroatoms. The molecule has 1 amide bonds. The van der Waals surface area contributed by atoms with E-state index in [-0.39, 0.29) is 12.5 Å². The lowest BCUT2D eigenvalue weighted by Crippen LogP contribution is -2.51. The molecule has 0 N–H and O–H groups in total. The maximum atomic E-state index is 12.3. The Morgan fingerprint density at radius 3 is 2.48 bits per heavy atom. The van der Waals surface area contributed by atoms with Gasteiger partial charge in [0.15, 0.2) is 6.61 Å². The minimum atomic E-state index is -0.778. The Labute approximate surface area is 160 Å². The van der Waals surface area contributed by atoms with E-state index in [0.717, 1.165) is 30.6 Å². The Bertz CT molecular complexity index is 713. The predicted octanol–water partition coefficient (Wildman–Crippen LogP) is 3.33. The van der Waals surface area contributed by atoms with Crippen LogP contribution in [0.25, 0.3) is 6.08 Å². The number of likely N-dealkylation sites (N-methyl/N-ethyl adjacent to an activating group) is 1. The van der Waals surface area contributed by atoms with Crippen LogP contribution < -0.4 is 4.74 Å². The highest BCUT2D eigenvalue weighted by Crippen LogP contribution is 2.32. The van der Waals surface area contributed by atoms with E-state index in [0.29, 0.717) is 19.4 Å². The van der Waals surface area contributed by atoms with Crippen LogP contribution in [0.4, 0.5) is 0 Å². The molecule has 0 radical (unpaired) electrons. The third kappa shape index (κ3) is 5.58. The SMILES string of the molecule is CCOc1ccc(/C=C/C(=O)OCC(=O)N(C)C2(C#N)CCCCC2)cc1. The van der Waals surface area contributed by atoms with E-state index < -0.39 is 11.5 Å². The fourth-order valence-corrected chi connectivity index (χ4v) is 3.18. The fourth-order valence-electron chi connectivity index (χ4n) is 3.18. The second kappa shape index (κ2) is 9.77. The summed E-state index contributed by atoms with van der Waals surface area (Å²) in [6.07, 6.45) is 7.16. The first-order chi connectivity index (χ1) is 13.0. The van der Waals surface area contributed by atoms with E-state index in [1.54, 1.807) is 13.1 Å². The largest absolute Gasteiger partial charge is 0.494 e. The van der Waals surface area contributed by atoms with Crippen molar-refractivity contribution in [1.29, 1.82) is 5.26 Å². The number of benzene rings is 1. The molecule has 1 fully saturated rings. The number of amides is 1. The Morgan fingerprint density at radius 2 is 1.89 bits per heavy atom. The molecule has 0 unspecified atom stereocenters. The van der Waals surface area contributed by atoms with Crippen molar-refractivity contribution < 1.29 is 19.1 Å². The van der Waals surface area contributed by atoms with Crippen LogP contribution in [0.1, 0.15) is 44.6 Å². The third-order valence-corrected chi connectivity index (χ3v) is 4.85. The van der Waals surface area contributed by atoms with Crippen molar-refractivity contribution in [2.75, 3.05) is 20.3 Å². The Hall–Kier alpha value is -2.81.